The first-order valence-electron chi connectivity index (χ1n) is 6.41. The summed E-state index contributed by atoms with van der Waals surface area (Å²) in [5.41, 5.74) is 0. The van der Waals surface area contributed by atoms with Crippen LogP contribution in [0.25, 0.3) is 0 Å². The molecular weight excluding hydrogens is 244 g/mol. The van der Waals surface area contributed by atoms with Gasteiger partial charge in [-0.05, 0) is 12.8 Å². The molecule has 16 heavy (non-hydrogen) atoms. The molecule has 0 rings (SSSR count). The minimum absolute atomic E-state index is 0.443. The lowest BCUT2D eigenvalue weighted by atomic mass is 10.1. The van der Waals surface area contributed by atoms with Gasteiger partial charge < -0.3 is 4.55 Å². The third-order valence-electron chi connectivity index (χ3n) is 2.70. The minimum atomic E-state index is -1.59. The molecule has 1 N–H and O–H groups in total. The van der Waals surface area contributed by atoms with E-state index in [1.807, 2.05) is 0 Å². The maximum Gasteiger partial charge on any atom is 0.152 e. The highest BCUT2D eigenvalue weighted by atomic mass is 35.5. The molecular formula is C12H25ClO2S. The van der Waals surface area contributed by atoms with Gasteiger partial charge in [0.1, 0.15) is 0 Å². The normalized spacial score (nSPS) is 12.9. The molecule has 0 aliphatic carbocycles. The van der Waals surface area contributed by atoms with Crippen molar-refractivity contribution >= 4 is 22.7 Å². The highest BCUT2D eigenvalue weighted by Gasteiger charge is 1.95. The fourth-order valence-electron chi connectivity index (χ4n) is 1.73. The zero-order chi connectivity index (χ0) is 12.1. The monoisotopic (exact) mass is 268 g/mol. The van der Waals surface area contributed by atoms with Crippen LogP contribution in [0.5, 0.6) is 0 Å². The standard InChI is InChI=1S/C12H25ClO2S/c13-11-9-7-5-3-1-2-4-6-8-10-12-16(14)15/h1-12H2,(H,14,15). The maximum absolute atomic E-state index is 10.4. The molecule has 0 bridgehead atoms. The van der Waals surface area contributed by atoms with E-state index in [4.69, 9.17) is 16.2 Å². The summed E-state index contributed by atoms with van der Waals surface area (Å²) in [5.74, 6) is 1.24. The van der Waals surface area contributed by atoms with E-state index in [1.165, 1.54) is 44.9 Å². The minimum Gasteiger partial charge on any atom is -0.306 e. The van der Waals surface area contributed by atoms with Gasteiger partial charge in [0.05, 0.1) is 0 Å². The van der Waals surface area contributed by atoms with E-state index in [9.17, 15) is 4.21 Å². The molecule has 4 heteroatoms. The van der Waals surface area contributed by atoms with Crippen LogP contribution in [-0.2, 0) is 11.1 Å². The lowest BCUT2D eigenvalue weighted by Crippen LogP contribution is -1.94. The lowest BCUT2D eigenvalue weighted by molar-refractivity contribution is 0.548. The molecule has 0 saturated carbocycles. The van der Waals surface area contributed by atoms with Crippen LogP contribution in [0.2, 0.25) is 0 Å². The summed E-state index contributed by atoms with van der Waals surface area (Å²) in [4.78, 5) is 0. The van der Waals surface area contributed by atoms with Gasteiger partial charge in [0.15, 0.2) is 11.1 Å². The molecule has 1 atom stereocenters. The molecule has 98 valence electrons. The van der Waals surface area contributed by atoms with Gasteiger partial charge in [0.25, 0.3) is 0 Å². The number of hydrogen-bond donors (Lipinski definition) is 1. The van der Waals surface area contributed by atoms with Crippen molar-refractivity contribution in [1.29, 1.82) is 0 Å². The Balaban J connectivity index is 2.90. The Kier molecular flexibility index (Phi) is 13.8. The van der Waals surface area contributed by atoms with E-state index in [1.54, 1.807) is 0 Å². The van der Waals surface area contributed by atoms with Crippen LogP contribution in [-0.4, -0.2) is 20.4 Å². The first kappa shape index (κ1) is 16.4. The molecule has 0 fully saturated rings. The molecule has 0 aliphatic heterocycles. The Hall–Kier alpha value is 0.400. The van der Waals surface area contributed by atoms with Crippen LogP contribution in [0.4, 0.5) is 0 Å². The number of hydrogen-bond acceptors (Lipinski definition) is 1. The summed E-state index contributed by atoms with van der Waals surface area (Å²) in [6.45, 7) is 0. The first-order chi connectivity index (χ1) is 7.77. The predicted octanol–water partition coefficient (Wildman–Crippen LogP) is 4.35. The second-order valence-corrected chi connectivity index (χ2v) is 5.68. The summed E-state index contributed by atoms with van der Waals surface area (Å²) in [7, 11) is 0. The van der Waals surface area contributed by atoms with Crippen molar-refractivity contribution < 1.29 is 8.76 Å². The molecule has 0 saturated heterocycles. The summed E-state index contributed by atoms with van der Waals surface area (Å²) in [6, 6.07) is 0. The number of halogens is 1. The Labute approximate surface area is 107 Å². The van der Waals surface area contributed by atoms with Crippen LogP contribution in [0.3, 0.4) is 0 Å². The summed E-state index contributed by atoms with van der Waals surface area (Å²) in [6.07, 6.45) is 12.2. The molecule has 0 aliphatic rings. The molecule has 2 nitrogen and oxygen atoms in total. The molecule has 0 radical (unpaired) electrons. The third kappa shape index (κ3) is 14.4. The molecule has 0 aromatic rings. The zero-order valence-electron chi connectivity index (χ0n) is 10.1. The van der Waals surface area contributed by atoms with Gasteiger partial charge in [0, 0.05) is 11.6 Å². The first-order valence-corrected chi connectivity index (χ1v) is 8.22. The van der Waals surface area contributed by atoms with E-state index in [-0.39, 0.29) is 0 Å². The SMILES string of the molecule is O=S(O)CCCCCCCCCCCCCl. The van der Waals surface area contributed by atoms with Gasteiger partial charge in [0.2, 0.25) is 0 Å². The van der Waals surface area contributed by atoms with Gasteiger partial charge in [-0.3, -0.25) is 0 Å². The van der Waals surface area contributed by atoms with Gasteiger partial charge in [-0.15, -0.1) is 11.6 Å². The second kappa shape index (κ2) is 13.5. The van der Waals surface area contributed by atoms with E-state index in [2.05, 4.69) is 0 Å². The van der Waals surface area contributed by atoms with Crippen molar-refractivity contribution in [2.75, 3.05) is 11.6 Å². The number of alkyl halides is 1. The lowest BCUT2D eigenvalue weighted by Gasteiger charge is -2.01. The summed E-state index contributed by atoms with van der Waals surface area (Å²) >= 11 is 4.01. The van der Waals surface area contributed by atoms with E-state index >= 15 is 0 Å². The molecule has 0 amide bonds. The molecule has 1 unspecified atom stereocenters. The Bertz CT molecular complexity index is 165. The topological polar surface area (TPSA) is 37.3 Å². The maximum atomic E-state index is 10.4. The van der Waals surface area contributed by atoms with Crippen LogP contribution < -0.4 is 0 Å². The number of unbranched alkanes of at least 4 members (excludes halogenated alkanes) is 9. The predicted molar refractivity (Wildman–Crippen MR) is 72.5 cm³/mol. The van der Waals surface area contributed by atoms with Crippen LogP contribution >= 0.6 is 11.6 Å². The van der Waals surface area contributed by atoms with Crippen molar-refractivity contribution in [2.24, 2.45) is 0 Å². The smallest absolute Gasteiger partial charge is 0.152 e. The fourth-order valence-corrected chi connectivity index (χ4v) is 2.37. The zero-order valence-corrected chi connectivity index (χ0v) is 11.7. The molecule has 0 spiro atoms. The van der Waals surface area contributed by atoms with E-state index in [0.29, 0.717) is 5.75 Å². The fraction of sp³-hybridized carbons (Fsp3) is 1.00. The van der Waals surface area contributed by atoms with Crippen molar-refractivity contribution in [2.45, 2.75) is 64.2 Å². The Morgan fingerprint density at radius 2 is 1.12 bits per heavy atom. The highest BCUT2D eigenvalue weighted by molar-refractivity contribution is 7.79. The summed E-state index contributed by atoms with van der Waals surface area (Å²) in [5, 5.41) is 0. The van der Waals surface area contributed by atoms with Crippen molar-refractivity contribution in [3.05, 3.63) is 0 Å². The molecule has 0 heterocycles. The average Bonchev–Trinajstić information content (AvgIpc) is 2.25. The van der Waals surface area contributed by atoms with E-state index in [0.717, 1.165) is 25.1 Å². The quantitative estimate of drug-likeness (QED) is 0.325. The van der Waals surface area contributed by atoms with Gasteiger partial charge in [-0.25, -0.2) is 4.21 Å². The van der Waals surface area contributed by atoms with Gasteiger partial charge >= 0.3 is 0 Å². The highest BCUT2D eigenvalue weighted by Crippen LogP contribution is 2.10. The van der Waals surface area contributed by atoms with Crippen molar-refractivity contribution in [1.82, 2.24) is 0 Å². The molecule has 0 aromatic heterocycles. The largest absolute Gasteiger partial charge is 0.306 e. The van der Waals surface area contributed by atoms with Gasteiger partial charge in [-0.2, -0.15) is 0 Å². The Morgan fingerprint density at radius 1 is 0.750 bits per heavy atom. The van der Waals surface area contributed by atoms with Crippen LogP contribution in [0, 0.1) is 0 Å². The van der Waals surface area contributed by atoms with Crippen molar-refractivity contribution in [3.63, 3.8) is 0 Å². The van der Waals surface area contributed by atoms with Crippen molar-refractivity contribution in [3.8, 4) is 0 Å². The third-order valence-corrected chi connectivity index (χ3v) is 3.61. The van der Waals surface area contributed by atoms with Gasteiger partial charge in [-0.1, -0.05) is 51.4 Å². The van der Waals surface area contributed by atoms with E-state index < -0.39 is 11.1 Å². The second-order valence-electron chi connectivity index (χ2n) is 4.25. The Morgan fingerprint density at radius 3 is 1.50 bits per heavy atom. The van der Waals surface area contributed by atoms with Crippen LogP contribution in [0.1, 0.15) is 64.2 Å². The average molecular weight is 269 g/mol. The molecule has 0 aromatic carbocycles. The van der Waals surface area contributed by atoms with Crippen LogP contribution in [0.15, 0.2) is 0 Å². The number of rotatable bonds is 12. The summed E-state index contributed by atoms with van der Waals surface area (Å²) < 4.78 is 18.9.